The second-order valence-electron chi connectivity index (χ2n) is 5.95. The Hall–Kier alpha value is -3.55. The van der Waals surface area contributed by atoms with Crippen molar-refractivity contribution in [3.63, 3.8) is 0 Å². The maximum absolute atomic E-state index is 12.1. The zero-order valence-electron chi connectivity index (χ0n) is 15.1. The number of para-hydroxylation sites is 1. The number of carbonyl (C=O) groups is 2. The Morgan fingerprint density at radius 2 is 1.89 bits per heavy atom. The molecule has 3 aromatic rings. The molecule has 27 heavy (non-hydrogen) atoms. The van der Waals surface area contributed by atoms with Crippen molar-refractivity contribution in [3.8, 4) is 5.75 Å². The van der Waals surface area contributed by atoms with Crippen molar-refractivity contribution in [1.29, 1.82) is 0 Å². The van der Waals surface area contributed by atoms with Gasteiger partial charge in [-0.3, -0.25) is 25.1 Å². The third-order valence-corrected chi connectivity index (χ3v) is 3.72. The topological polar surface area (TPSA) is 98.4 Å². The van der Waals surface area contributed by atoms with Crippen LogP contribution in [0.15, 0.2) is 52.9 Å². The third kappa shape index (κ3) is 4.97. The van der Waals surface area contributed by atoms with Gasteiger partial charge in [-0.05, 0) is 44.2 Å². The number of benzene rings is 1. The molecule has 2 heterocycles. The predicted molar refractivity (Wildman–Crippen MR) is 96.8 cm³/mol. The van der Waals surface area contributed by atoms with Gasteiger partial charge in [-0.25, -0.2) is 0 Å². The first-order valence-corrected chi connectivity index (χ1v) is 8.38. The molecular weight excluding hydrogens is 348 g/mol. The number of hydrogen-bond donors (Lipinski definition) is 2. The van der Waals surface area contributed by atoms with E-state index >= 15 is 0 Å². The summed E-state index contributed by atoms with van der Waals surface area (Å²) in [6.07, 6.45) is 0. The number of amides is 2. The molecule has 0 bridgehead atoms. The van der Waals surface area contributed by atoms with Gasteiger partial charge >= 0.3 is 5.91 Å². The Morgan fingerprint density at radius 1 is 1.11 bits per heavy atom. The highest BCUT2D eigenvalue weighted by atomic mass is 16.5. The van der Waals surface area contributed by atoms with Crippen LogP contribution in [0.3, 0.4) is 0 Å². The molecule has 1 aromatic carbocycles. The van der Waals surface area contributed by atoms with E-state index in [2.05, 4.69) is 16.0 Å². The van der Waals surface area contributed by atoms with Gasteiger partial charge in [0, 0.05) is 5.69 Å². The summed E-state index contributed by atoms with van der Waals surface area (Å²) in [6, 6.07) is 14.3. The molecule has 0 radical (unpaired) electrons. The van der Waals surface area contributed by atoms with Gasteiger partial charge in [0.2, 0.25) is 0 Å². The Balaban J connectivity index is 1.47. The molecule has 0 unspecified atom stereocenters. The molecular formula is C19H20N4O4. The van der Waals surface area contributed by atoms with E-state index in [1.807, 2.05) is 50.2 Å². The quantitative estimate of drug-likeness (QED) is 0.650. The van der Waals surface area contributed by atoms with E-state index in [4.69, 9.17) is 9.15 Å². The third-order valence-electron chi connectivity index (χ3n) is 3.72. The van der Waals surface area contributed by atoms with Gasteiger partial charge in [-0.2, -0.15) is 5.10 Å². The highest BCUT2D eigenvalue weighted by Crippen LogP contribution is 2.13. The average Bonchev–Trinajstić information content (AvgIpc) is 3.25. The van der Waals surface area contributed by atoms with Crippen LogP contribution in [0.1, 0.15) is 27.7 Å². The molecule has 0 fully saturated rings. The highest BCUT2D eigenvalue weighted by Gasteiger charge is 2.13. The van der Waals surface area contributed by atoms with E-state index in [1.165, 1.54) is 6.07 Å². The molecule has 0 spiro atoms. The summed E-state index contributed by atoms with van der Waals surface area (Å²) in [6.45, 7) is 3.91. The summed E-state index contributed by atoms with van der Waals surface area (Å²) in [7, 11) is 0. The number of aryl methyl sites for hydroxylation is 2. The lowest BCUT2D eigenvalue weighted by molar-refractivity contribution is -0.122. The lowest BCUT2D eigenvalue weighted by Crippen LogP contribution is -2.43. The number of hydrogen-bond acceptors (Lipinski definition) is 5. The van der Waals surface area contributed by atoms with Crippen molar-refractivity contribution < 1.29 is 18.7 Å². The maximum Gasteiger partial charge on any atom is 0.305 e. The SMILES string of the molecule is Cc1cc(C)n(CC(=O)NNC(=O)c2ccc(COc3ccccc3)o2)n1. The number of rotatable bonds is 6. The lowest BCUT2D eigenvalue weighted by Gasteiger charge is -2.07. The fourth-order valence-corrected chi connectivity index (χ4v) is 2.45. The Kier molecular flexibility index (Phi) is 5.55. The largest absolute Gasteiger partial charge is 0.486 e. The summed E-state index contributed by atoms with van der Waals surface area (Å²) in [5.74, 6) is 0.332. The van der Waals surface area contributed by atoms with Crippen LogP contribution in [0.2, 0.25) is 0 Å². The van der Waals surface area contributed by atoms with Crippen LogP contribution in [-0.2, 0) is 17.9 Å². The van der Waals surface area contributed by atoms with Crippen LogP contribution in [0.4, 0.5) is 0 Å². The summed E-state index contributed by atoms with van der Waals surface area (Å²) in [4.78, 5) is 24.0. The van der Waals surface area contributed by atoms with Crippen LogP contribution in [0.5, 0.6) is 5.75 Å². The molecule has 0 aliphatic carbocycles. The van der Waals surface area contributed by atoms with E-state index in [0.717, 1.165) is 11.4 Å². The Morgan fingerprint density at radius 3 is 2.59 bits per heavy atom. The van der Waals surface area contributed by atoms with Gasteiger partial charge in [-0.15, -0.1) is 0 Å². The highest BCUT2D eigenvalue weighted by molar-refractivity contribution is 5.92. The number of hydrazine groups is 1. The monoisotopic (exact) mass is 368 g/mol. The number of furan rings is 1. The molecule has 0 atom stereocenters. The van der Waals surface area contributed by atoms with E-state index in [1.54, 1.807) is 10.7 Å². The normalized spacial score (nSPS) is 10.4. The zero-order chi connectivity index (χ0) is 19.2. The van der Waals surface area contributed by atoms with Crippen molar-refractivity contribution in [1.82, 2.24) is 20.6 Å². The van der Waals surface area contributed by atoms with Crippen LogP contribution in [0, 0.1) is 13.8 Å². The minimum atomic E-state index is -0.553. The van der Waals surface area contributed by atoms with Crippen LogP contribution >= 0.6 is 0 Å². The zero-order valence-corrected chi connectivity index (χ0v) is 15.1. The van der Waals surface area contributed by atoms with Crippen LogP contribution in [0.25, 0.3) is 0 Å². The molecule has 0 saturated carbocycles. The molecule has 2 N–H and O–H groups in total. The second-order valence-corrected chi connectivity index (χ2v) is 5.95. The number of aromatic nitrogens is 2. The minimum absolute atomic E-state index is 0.00821. The van der Waals surface area contributed by atoms with Crippen molar-refractivity contribution >= 4 is 11.8 Å². The first-order valence-electron chi connectivity index (χ1n) is 8.38. The fraction of sp³-hybridized carbons (Fsp3) is 0.211. The molecule has 2 aromatic heterocycles. The van der Waals surface area contributed by atoms with E-state index < -0.39 is 11.8 Å². The molecule has 0 aliphatic rings. The predicted octanol–water partition coefficient (Wildman–Crippen LogP) is 2.13. The van der Waals surface area contributed by atoms with Crippen LogP contribution < -0.4 is 15.6 Å². The Labute approximate surface area is 156 Å². The first-order chi connectivity index (χ1) is 13.0. The first kappa shape index (κ1) is 18.2. The molecule has 8 heteroatoms. The van der Waals surface area contributed by atoms with Gasteiger partial charge in [0.25, 0.3) is 5.91 Å². The van der Waals surface area contributed by atoms with Gasteiger partial charge in [-0.1, -0.05) is 18.2 Å². The molecule has 8 nitrogen and oxygen atoms in total. The molecule has 0 aliphatic heterocycles. The molecule has 3 rings (SSSR count). The summed E-state index contributed by atoms with van der Waals surface area (Å²) < 4.78 is 12.6. The summed E-state index contributed by atoms with van der Waals surface area (Å²) in [5, 5.41) is 4.19. The van der Waals surface area contributed by atoms with Crippen molar-refractivity contribution in [2.75, 3.05) is 0 Å². The molecule has 0 saturated heterocycles. The van der Waals surface area contributed by atoms with E-state index in [0.29, 0.717) is 11.5 Å². The summed E-state index contributed by atoms with van der Waals surface area (Å²) >= 11 is 0. The van der Waals surface area contributed by atoms with Gasteiger partial charge in [0.15, 0.2) is 5.76 Å². The van der Waals surface area contributed by atoms with Gasteiger partial charge < -0.3 is 9.15 Å². The minimum Gasteiger partial charge on any atom is -0.486 e. The van der Waals surface area contributed by atoms with Crippen molar-refractivity contribution in [2.24, 2.45) is 0 Å². The van der Waals surface area contributed by atoms with Crippen LogP contribution in [-0.4, -0.2) is 21.6 Å². The maximum atomic E-state index is 12.1. The fourth-order valence-electron chi connectivity index (χ4n) is 2.45. The molecule has 2 amide bonds. The van der Waals surface area contributed by atoms with Crippen molar-refractivity contribution in [3.05, 3.63) is 71.4 Å². The molecule has 140 valence electrons. The standard InChI is InChI=1S/C19H20N4O4/c1-13-10-14(2)23(22-13)11-18(24)20-21-19(25)17-9-8-16(27-17)12-26-15-6-4-3-5-7-15/h3-10H,11-12H2,1-2H3,(H,20,24)(H,21,25). The van der Waals surface area contributed by atoms with Gasteiger partial charge in [0.05, 0.1) is 5.69 Å². The number of nitrogens with one attached hydrogen (secondary N) is 2. The summed E-state index contributed by atoms with van der Waals surface area (Å²) in [5.41, 5.74) is 6.35. The lowest BCUT2D eigenvalue weighted by atomic mass is 10.3. The van der Waals surface area contributed by atoms with E-state index in [-0.39, 0.29) is 18.9 Å². The Bertz CT molecular complexity index is 930. The number of carbonyl (C=O) groups excluding carboxylic acids is 2. The second kappa shape index (κ2) is 8.22. The number of nitrogens with zero attached hydrogens (tertiary/aromatic N) is 2. The smallest absolute Gasteiger partial charge is 0.305 e. The number of ether oxygens (including phenoxy) is 1. The van der Waals surface area contributed by atoms with Crippen molar-refractivity contribution in [2.45, 2.75) is 27.0 Å². The van der Waals surface area contributed by atoms with E-state index in [9.17, 15) is 9.59 Å². The average molecular weight is 368 g/mol. The van der Waals surface area contributed by atoms with Gasteiger partial charge in [0.1, 0.15) is 24.7 Å².